The summed E-state index contributed by atoms with van der Waals surface area (Å²) in [4.78, 5) is 2.69. The predicted molar refractivity (Wildman–Crippen MR) is 89.6 cm³/mol. The highest BCUT2D eigenvalue weighted by molar-refractivity contribution is 4.93. The predicted octanol–water partition coefficient (Wildman–Crippen LogP) is 3.15. The average molecular weight is 296 g/mol. The first kappa shape index (κ1) is 17.2. The zero-order valence-corrected chi connectivity index (χ0v) is 15.1. The minimum Gasteiger partial charge on any atom is -0.381 e. The van der Waals surface area contributed by atoms with Gasteiger partial charge in [-0.15, -0.1) is 0 Å². The lowest BCUT2D eigenvalue weighted by Crippen LogP contribution is -2.49. The van der Waals surface area contributed by atoms with Gasteiger partial charge in [0, 0.05) is 37.2 Å². The Morgan fingerprint density at radius 2 is 1.90 bits per heavy atom. The molecule has 124 valence electrons. The summed E-state index contributed by atoms with van der Waals surface area (Å²) in [5, 5.41) is 3.71. The molecule has 2 aliphatic heterocycles. The number of nitrogens with one attached hydrogen (secondary N) is 1. The topological polar surface area (TPSA) is 24.5 Å². The van der Waals surface area contributed by atoms with Gasteiger partial charge in [-0.3, -0.25) is 0 Å². The highest BCUT2D eigenvalue weighted by atomic mass is 16.5. The monoisotopic (exact) mass is 296 g/mol. The van der Waals surface area contributed by atoms with Crippen LogP contribution in [0.15, 0.2) is 0 Å². The van der Waals surface area contributed by atoms with Gasteiger partial charge in [0.15, 0.2) is 0 Å². The van der Waals surface area contributed by atoms with Crippen molar-refractivity contribution in [2.45, 2.75) is 59.9 Å². The molecule has 0 radical (unpaired) electrons. The molecule has 0 amide bonds. The Kier molecular flexibility index (Phi) is 5.07. The van der Waals surface area contributed by atoms with Crippen molar-refractivity contribution in [3.63, 3.8) is 0 Å². The maximum Gasteiger partial charge on any atom is 0.0547 e. The first-order valence-corrected chi connectivity index (χ1v) is 8.65. The van der Waals surface area contributed by atoms with Gasteiger partial charge in [0.05, 0.1) is 6.61 Å². The van der Waals surface area contributed by atoms with Crippen LogP contribution in [0.5, 0.6) is 0 Å². The van der Waals surface area contributed by atoms with Crippen LogP contribution in [0.3, 0.4) is 0 Å². The highest BCUT2D eigenvalue weighted by Crippen LogP contribution is 2.36. The molecular weight excluding hydrogens is 260 g/mol. The van der Waals surface area contributed by atoms with Crippen LogP contribution in [0.4, 0.5) is 0 Å². The van der Waals surface area contributed by atoms with Crippen LogP contribution in [0.1, 0.15) is 54.4 Å². The molecule has 2 unspecified atom stereocenters. The zero-order chi connectivity index (χ0) is 15.7. The fourth-order valence-corrected chi connectivity index (χ4v) is 3.58. The van der Waals surface area contributed by atoms with Crippen LogP contribution in [-0.2, 0) is 4.74 Å². The number of ether oxygens (including phenoxy) is 1. The van der Waals surface area contributed by atoms with Gasteiger partial charge >= 0.3 is 0 Å². The molecule has 0 spiro atoms. The van der Waals surface area contributed by atoms with Gasteiger partial charge in [0.2, 0.25) is 0 Å². The second-order valence-corrected chi connectivity index (χ2v) is 9.49. The standard InChI is InChI=1S/C18H36N2O/c1-16(2,3)15-7-9-20(11-15)13-18(8-10-21-14-18)12-19-17(4,5)6/h15,19H,7-14H2,1-6H3. The smallest absolute Gasteiger partial charge is 0.0547 e. The van der Waals surface area contributed by atoms with Crippen molar-refractivity contribution in [2.24, 2.45) is 16.7 Å². The van der Waals surface area contributed by atoms with Gasteiger partial charge in [-0.25, -0.2) is 0 Å². The summed E-state index contributed by atoms with van der Waals surface area (Å²) in [6, 6.07) is 0. The molecule has 2 heterocycles. The lowest BCUT2D eigenvalue weighted by atomic mass is 9.80. The van der Waals surface area contributed by atoms with Gasteiger partial charge in [-0.1, -0.05) is 20.8 Å². The van der Waals surface area contributed by atoms with E-state index in [9.17, 15) is 0 Å². The van der Waals surface area contributed by atoms with Crippen molar-refractivity contribution in [1.82, 2.24) is 10.2 Å². The molecule has 0 aromatic carbocycles. The molecule has 21 heavy (non-hydrogen) atoms. The van der Waals surface area contributed by atoms with E-state index in [1.54, 1.807) is 0 Å². The number of likely N-dealkylation sites (tertiary alicyclic amines) is 1. The maximum absolute atomic E-state index is 5.76. The van der Waals surface area contributed by atoms with Crippen molar-refractivity contribution in [2.75, 3.05) is 39.4 Å². The molecule has 2 rings (SSSR count). The molecule has 0 aromatic heterocycles. The fourth-order valence-electron chi connectivity index (χ4n) is 3.58. The largest absolute Gasteiger partial charge is 0.381 e. The Labute approximate surface area is 131 Å². The summed E-state index contributed by atoms with van der Waals surface area (Å²) in [5.41, 5.74) is 0.951. The van der Waals surface area contributed by atoms with E-state index in [2.05, 4.69) is 51.8 Å². The molecule has 0 aromatic rings. The summed E-state index contributed by atoms with van der Waals surface area (Å²) >= 11 is 0. The van der Waals surface area contributed by atoms with Crippen molar-refractivity contribution >= 4 is 0 Å². The Morgan fingerprint density at radius 3 is 2.38 bits per heavy atom. The summed E-state index contributed by atoms with van der Waals surface area (Å²) in [6.07, 6.45) is 2.56. The number of nitrogens with zero attached hydrogens (tertiary/aromatic N) is 1. The van der Waals surface area contributed by atoms with Gasteiger partial charge in [-0.2, -0.15) is 0 Å². The van der Waals surface area contributed by atoms with Crippen molar-refractivity contribution in [3.8, 4) is 0 Å². The third-order valence-electron chi connectivity index (χ3n) is 5.23. The summed E-state index contributed by atoms with van der Waals surface area (Å²) in [7, 11) is 0. The van der Waals surface area contributed by atoms with Crippen molar-refractivity contribution < 1.29 is 4.74 Å². The highest BCUT2D eigenvalue weighted by Gasteiger charge is 2.40. The minimum absolute atomic E-state index is 0.189. The molecule has 0 aliphatic carbocycles. The van der Waals surface area contributed by atoms with Gasteiger partial charge in [0.25, 0.3) is 0 Å². The average Bonchev–Trinajstić information content (AvgIpc) is 2.95. The normalized spacial score (nSPS) is 32.0. The van der Waals surface area contributed by atoms with E-state index in [1.807, 2.05) is 0 Å². The Hall–Kier alpha value is -0.120. The van der Waals surface area contributed by atoms with Gasteiger partial charge in [0.1, 0.15) is 0 Å². The van der Waals surface area contributed by atoms with E-state index in [1.165, 1.54) is 32.5 Å². The van der Waals surface area contributed by atoms with Crippen LogP contribution in [0.25, 0.3) is 0 Å². The molecule has 0 saturated carbocycles. The number of hydrogen-bond donors (Lipinski definition) is 1. The third kappa shape index (κ3) is 4.94. The van der Waals surface area contributed by atoms with Gasteiger partial charge in [-0.05, 0) is 51.5 Å². The first-order chi connectivity index (χ1) is 9.60. The van der Waals surface area contributed by atoms with Crippen LogP contribution < -0.4 is 5.32 Å². The van der Waals surface area contributed by atoms with Crippen molar-refractivity contribution in [3.05, 3.63) is 0 Å². The quantitative estimate of drug-likeness (QED) is 0.862. The van der Waals surface area contributed by atoms with E-state index in [0.717, 1.165) is 25.7 Å². The second kappa shape index (κ2) is 6.17. The SMILES string of the molecule is CC(C)(C)NCC1(CN2CCC(C(C)(C)C)C2)CCOC1. The summed E-state index contributed by atoms with van der Waals surface area (Å²) < 4.78 is 5.76. The lowest BCUT2D eigenvalue weighted by molar-refractivity contribution is 0.107. The first-order valence-electron chi connectivity index (χ1n) is 8.65. The minimum atomic E-state index is 0.189. The van der Waals surface area contributed by atoms with E-state index in [4.69, 9.17) is 4.74 Å². The zero-order valence-electron chi connectivity index (χ0n) is 15.1. The summed E-state index contributed by atoms with van der Waals surface area (Å²) in [6.45, 7) is 20.6. The molecule has 0 bridgehead atoms. The molecule has 2 aliphatic rings. The third-order valence-corrected chi connectivity index (χ3v) is 5.23. The molecule has 2 atom stereocenters. The van der Waals surface area contributed by atoms with E-state index >= 15 is 0 Å². The summed E-state index contributed by atoms with van der Waals surface area (Å²) in [5.74, 6) is 0.840. The molecule has 1 N–H and O–H groups in total. The molecular formula is C18H36N2O. The molecule has 3 nitrogen and oxygen atoms in total. The second-order valence-electron chi connectivity index (χ2n) is 9.49. The van der Waals surface area contributed by atoms with Crippen LogP contribution in [0.2, 0.25) is 0 Å². The van der Waals surface area contributed by atoms with Crippen LogP contribution >= 0.6 is 0 Å². The Morgan fingerprint density at radius 1 is 1.19 bits per heavy atom. The van der Waals surface area contributed by atoms with Crippen molar-refractivity contribution in [1.29, 1.82) is 0 Å². The van der Waals surface area contributed by atoms with Gasteiger partial charge < -0.3 is 15.0 Å². The number of rotatable bonds is 4. The maximum atomic E-state index is 5.76. The number of hydrogen-bond acceptors (Lipinski definition) is 3. The molecule has 2 saturated heterocycles. The Balaban J connectivity index is 1.92. The van der Waals surface area contributed by atoms with E-state index in [0.29, 0.717) is 10.8 Å². The lowest BCUT2D eigenvalue weighted by Gasteiger charge is -2.36. The fraction of sp³-hybridized carbons (Fsp3) is 1.00. The Bertz CT molecular complexity index is 334. The molecule has 2 fully saturated rings. The van der Waals surface area contributed by atoms with Crippen LogP contribution in [0, 0.1) is 16.7 Å². The molecule has 3 heteroatoms. The van der Waals surface area contributed by atoms with Crippen LogP contribution in [-0.4, -0.2) is 49.8 Å². The van der Waals surface area contributed by atoms with E-state index in [-0.39, 0.29) is 5.54 Å². The van der Waals surface area contributed by atoms with E-state index < -0.39 is 0 Å².